The van der Waals surface area contributed by atoms with Crippen LogP contribution in [0.4, 0.5) is 5.69 Å². The van der Waals surface area contributed by atoms with Gasteiger partial charge in [-0.15, -0.1) is 12.4 Å². The topological polar surface area (TPSA) is 75.3 Å². The van der Waals surface area contributed by atoms with Gasteiger partial charge in [0.2, 0.25) is 5.91 Å². The third-order valence-corrected chi connectivity index (χ3v) is 6.90. The van der Waals surface area contributed by atoms with Gasteiger partial charge in [-0.25, -0.2) is 8.42 Å². The summed E-state index contributed by atoms with van der Waals surface area (Å²) in [5, 5.41) is 5.96. The Morgan fingerprint density at radius 3 is 2.48 bits per heavy atom. The molecule has 0 unspecified atom stereocenters. The molecule has 1 saturated heterocycles. The number of carbonyl (C=O) groups is 1. The number of nitrogens with one attached hydrogen (secondary N) is 2. The summed E-state index contributed by atoms with van der Waals surface area (Å²) in [4.78, 5) is 12.7. The summed E-state index contributed by atoms with van der Waals surface area (Å²) >= 11 is 0. The van der Waals surface area contributed by atoms with Crippen molar-refractivity contribution in [2.24, 2.45) is 0 Å². The lowest BCUT2D eigenvalue weighted by molar-refractivity contribution is -0.119. The van der Waals surface area contributed by atoms with Gasteiger partial charge in [0.05, 0.1) is 0 Å². The highest BCUT2D eigenvalue weighted by Gasteiger charge is 2.48. The number of hydrogen-bond acceptors (Lipinski definition) is 4. The quantitative estimate of drug-likeness (QED) is 0.862. The average molecular weight is 359 g/mol. The first-order valence-corrected chi connectivity index (χ1v) is 9.65. The SMILES string of the molecule is CS(=O)(=O)C1(C(=O)Nc2ccc3c(c2)CCC3)CCNCC1.Cl. The first kappa shape index (κ1) is 18.2. The Kier molecular flexibility index (Phi) is 5.38. The van der Waals surface area contributed by atoms with Crippen LogP contribution in [-0.2, 0) is 27.5 Å². The van der Waals surface area contributed by atoms with Gasteiger partial charge in [0, 0.05) is 11.9 Å². The molecule has 0 radical (unpaired) electrons. The molecule has 23 heavy (non-hydrogen) atoms. The van der Waals surface area contributed by atoms with Gasteiger partial charge in [-0.2, -0.15) is 0 Å². The van der Waals surface area contributed by atoms with E-state index in [0.29, 0.717) is 31.6 Å². The number of carbonyl (C=O) groups excluding carboxylic acids is 1. The normalized spacial score (nSPS) is 19.5. The van der Waals surface area contributed by atoms with E-state index in [9.17, 15) is 13.2 Å². The van der Waals surface area contributed by atoms with Gasteiger partial charge in [0.25, 0.3) is 0 Å². The fraction of sp³-hybridized carbons (Fsp3) is 0.562. The van der Waals surface area contributed by atoms with Crippen molar-refractivity contribution >= 4 is 33.8 Å². The molecule has 1 amide bonds. The van der Waals surface area contributed by atoms with Crippen LogP contribution in [-0.4, -0.2) is 38.4 Å². The van der Waals surface area contributed by atoms with Crippen molar-refractivity contribution in [3.05, 3.63) is 29.3 Å². The fourth-order valence-corrected chi connectivity index (χ4v) is 4.82. The molecule has 0 spiro atoms. The third-order valence-electron chi connectivity index (χ3n) is 4.89. The van der Waals surface area contributed by atoms with Crippen molar-refractivity contribution in [1.82, 2.24) is 5.32 Å². The molecule has 1 aromatic rings. The average Bonchev–Trinajstić information content (AvgIpc) is 2.94. The smallest absolute Gasteiger partial charge is 0.245 e. The zero-order chi connectivity index (χ0) is 15.8. The van der Waals surface area contributed by atoms with Crippen molar-refractivity contribution in [3.63, 3.8) is 0 Å². The Hall–Kier alpha value is -1.11. The van der Waals surface area contributed by atoms with E-state index in [1.54, 1.807) is 0 Å². The second-order valence-corrected chi connectivity index (χ2v) is 8.63. The second-order valence-electron chi connectivity index (χ2n) is 6.31. The first-order chi connectivity index (χ1) is 10.4. The molecule has 5 nitrogen and oxygen atoms in total. The van der Waals surface area contributed by atoms with Crippen molar-refractivity contribution in [2.75, 3.05) is 24.7 Å². The van der Waals surface area contributed by atoms with Gasteiger partial charge in [-0.05, 0) is 68.5 Å². The Labute approximate surface area is 143 Å². The maximum absolute atomic E-state index is 12.7. The molecule has 3 rings (SSSR count). The first-order valence-electron chi connectivity index (χ1n) is 7.76. The number of sulfone groups is 1. The lowest BCUT2D eigenvalue weighted by Gasteiger charge is -2.34. The zero-order valence-corrected chi connectivity index (χ0v) is 14.9. The van der Waals surface area contributed by atoms with E-state index in [2.05, 4.69) is 10.6 Å². The number of hydrogen-bond donors (Lipinski definition) is 2. The molecule has 1 aliphatic carbocycles. The van der Waals surface area contributed by atoms with Gasteiger partial charge in [-0.3, -0.25) is 4.79 Å². The van der Waals surface area contributed by atoms with Gasteiger partial charge < -0.3 is 10.6 Å². The Morgan fingerprint density at radius 2 is 1.83 bits per heavy atom. The van der Waals surface area contributed by atoms with Crippen LogP contribution < -0.4 is 10.6 Å². The monoisotopic (exact) mass is 358 g/mol. The maximum Gasteiger partial charge on any atom is 0.245 e. The Morgan fingerprint density at radius 1 is 1.17 bits per heavy atom. The number of halogens is 1. The van der Waals surface area contributed by atoms with Crippen LogP contribution in [0.15, 0.2) is 18.2 Å². The number of aryl methyl sites for hydroxylation is 2. The molecular weight excluding hydrogens is 336 g/mol. The summed E-state index contributed by atoms with van der Waals surface area (Å²) in [5.74, 6) is -0.394. The predicted octanol–water partition coefficient (Wildman–Crippen LogP) is 1.70. The molecular formula is C16H23ClN2O3S. The van der Waals surface area contributed by atoms with Crippen LogP contribution in [0.25, 0.3) is 0 Å². The lowest BCUT2D eigenvalue weighted by atomic mass is 9.95. The van der Waals surface area contributed by atoms with Gasteiger partial charge in [0.1, 0.15) is 0 Å². The van der Waals surface area contributed by atoms with E-state index < -0.39 is 20.5 Å². The molecule has 1 aromatic carbocycles. The van der Waals surface area contributed by atoms with Crippen LogP contribution in [0.2, 0.25) is 0 Å². The van der Waals surface area contributed by atoms with Crippen LogP contribution >= 0.6 is 12.4 Å². The molecule has 0 aromatic heterocycles. The lowest BCUT2D eigenvalue weighted by Crippen LogP contribution is -2.55. The summed E-state index contributed by atoms with van der Waals surface area (Å²) in [6, 6.07) is 5.89. The maximum atomic E-state index is 12.7. The van der Waals surface area contributed by atoms with Crippen LogP contribution in [0.1, 0.15) is 30.4 Å². The Balaban J connectivity index is 0.00000192. The molecule has 2 N–H and O–H groups in total. The number of benzene rings is 1. The summed E-state index contributed by atoms with van der Waals surface area (Å²) in [6.45, 7) is 1.09. The highest BCUT2D eigenvalue weighted by Crippen LogP contribution is 2.30. The molecule has 1 aliphatic heterocycles. The van der Waals surface area contributed by atoms with Crippen molar-refractivity contribution in [2.45, 2.75) is 36.9 Å². The summed E-state index contributed by atoms with van der Waals surface area (Å²) in [7, 11) is -3.47. The van der Waals surface area contributed by atoms with E-state index >= 15 is 0 Å². The zero-order valence-electron chi connectivity index (χ0n) is 13.2. The van der Waals surface area contributed by atoms with E-state index in [1.807, 2.05) is 18.2 Å². The molecule has 1 heterocycles. The van der Waals surface area contributed by atoms with E-state index in [0.717, 1.165) is 19.3 Å². The number of rotatable bonds is 3. The largest absolute Gasteiger partial charge is 0.325 e. The van der Waals surface area contributed by atoms with Crippen LogP contribution in [0.5, 0.6) is 0 Å². The highest BCUT2D eigenvalue weighted by atomic mass is 35.5. The summed E-state index contributed by atoms with van der Waals surface area (Å²) < 4.78 is 23.2. The number of amides is 1. The molecule has 7 heteroatoms. The molecule has 1 fully saturated rings. The molecule has 2 aliphatic rings. The van der Waals surface area contributed by atoms with E-state index in [1.165, 1.54) is 17.4 Å². The molecule has 0 bridgehead atoms. The fourth-order valence-electron chi connectivity index (χ4n) is 3.49. The van der Waals surface area contributed by atoms with Gasteiger partial charge in [0.15, 0.2) is 14.6 Å². The van der Waals surface area contributed by atoms with Crippen molar-refractivity contribution in [3.8, 4) is 0 Å². The minimum absolute atomic E-state index is 0. The number of anilines is 1. The minimum Gasteiger partial charge on any atom is -0.325 e. The van der Waals surface area contributed by atoms with Crippen molar-refractivity contribution < 1.29 is 13.2 Å². The third kappa shape index (κ3) is 3.39. The summed E-state index contributed by atoms with van der Waals surface area (Å²) in [5.41, 5.74) is 3.29. The van der Waals surface area contributed by atoms with Crippen molar-refractivity contribution in [1.29, 1.82) is 0 Å². The standard InChI is InChI=1S/C16H22N2O3S.ClH/c1-22(20,21)16(7-9-17-10-8-16)15(19)18-14-6-5-12-3-2-4-13(12)11-14;/h5-6,11,17H,2-4,7-10H2,1H3,(H,18,19);1H. The second kappa shape index (κ2) is 6.79. The molecule has 0 saturated carbocycles. The number of fused-ring (bicyclic) bond motifs is 1. The molecule has 128 valence electrons. The highest BCUT2D eigenvalue weighted by molar-refractivity contribution is 7.92. The molecule has 0 atom stereocenters. The van der Waals surface area contributed by atoms with E-state index in [-0.39, 0.29) is 12.4 Å². The summed E-state index contributed by atoms with van der Waals surface area (Å²) in [6.07, 6.45) is 5.07. The Bertz CT molecular complexity index is 697. The van der Waals surface area contributed by atoms with Crippen LogP contribution in [0.3, 0.4) is 0 Å². The predicted molar refractivity (Wildman–Crippen MR) is 94.0 cm³/mol. The number of piperidine rings is 1. The van der Waals surface area contributed by atoms with Gasteiger partial charge >= 0.3 is 0 Å². The van der Waals surface area contributed by atoms with Crippen LogP contribution in [0, 0.1) is 0 Å². The van der Waals surface area contributed by atoms with E-state index in [4.69, 9.17) is 0 Å². The van der Waals surface area contributed by atoms with Gasteiger partial charge in [-0.1, -0.05) is 6.07 Å². The minimum atomic E-state index is -3.47.